The van der Waals surface area contributed by atoms with Crippen molar-refractivity contribution in [1.82, 2.24) is 10.2 Å². The van der Waals surface area contributed by atoms with Crippen LogP contribution in [0.5, 0.6) is 5.75 Å². The molecule has 0 aromatic heterocycles. The van der Waals surface area contributed by atoms with Crippen LogP contribution in [0.1, 0.15) is 48.0 Å². The van der Waals surface area contributed by atoms with E-state index < -0.39 is 0 Å². The van der Waals surface area contributed by atoms with Crippen molar-refractivity contribution in [3.8, 4) is 5.75 Å². The highest BCUT2D eigenvalue weighted by atomic mass is 19.1. The van der Waals surface area contributed by atoms with E-state index in [1.54, 1.807) is 19.2 Å². The van der Waals surface area contributed by atoms with Crippen molar-refractivity contribution in [2.24, 2.45) is 0 Å². The summed E-state index contributed by atoms with van der Waals surface area (Å²) in [6, 6.07) is 15.1. The second-order valence-electron chi connectivity index (χ2n) is 7.87. The summed E-state index contributed by atoms with van der Waals surface area (Å²) in [5, 5.41) is 3.14. The molecule has 0 spiro atoms. The molecule has 2 aromatic rings. The molecule has 4 rings (SSSR count). The maximum absolute atomic E-state index is 13.4. The number of amides is 1. The second kappa shape index (κ2) is 8.31. The van der Waals surface area contributed by atoms with Crippen LogP contribution in [0.3, 0.4) is 0 Å². The number of nitrogens with one attached hydrogen (secondary N) is 1. The summed E-state index contributed by atoms with van der Waals surface area (Å²) in [6.07, 6.45) is 5.41. The first-order valence-corrected chi connectivity index (χ1v) is 10.1. The number of piperidine rings is 2. The predicted octanol–water partition coefficient (Wildman–Crippen LogP) is 4.15. The van der Waals surface area contributed by atoms with Gasteiger partial charge in [0.05, 0.1) is 7.11 Å². The number of halogens is 1. The Morgan fingerprint density at radius 2 is 1.89 bits per heavy atom. The fourth-order valence-corrected chi connectivity index (χ4v) is 4.78. The molecular weight excluding hydrogens is 355 g/mol. The molecule has 2 heterocycles. The molecule has 28 heavy (non-hydrogen) atoms. The average molecular weight is 382 g/mol. The van der Waals surface area contributed by atoms with Crippen molar-refractivity contribution in [2.75, 3.05) is 7.11 Å². The van der Waals surface area contributed by atoms with E-state index in [-0.39, 0.29) is 17.8 Å². The standard InChI is InChI=1S/C23H27FN2O2/c1-28-22-11-3-2-6-17(22)15-26-20-9-5-10-21(26)14-19(13-20)25-23(27)16-7-4-8-18(24)12-16/h2-4,6-8,11-12,19-21H,5,9-10,13-15H2,1H3,(H,25,27)/t20-,21-/m1/s1. The minimum Gasteiger partial charge on any atom is -0.496 e. The number of carbonyl (C=O) groups excluding carboxylic acids is 1. The largest absolute Gasteiger partial charge is 0.496 e. The molecule has 5 heteroatoms. The Kier molecular flexibility index (Phi) is 5.62. The molecule has 4 nitrogen and oxygen atoms in total. The number of rotatable bonds is 5. The Labute approximate surface area is 165 Å². The average Bonchev–Trinajstić information content (AvgIpc) is 2.69. The molecule has 1 amide bonds. The molecule has 0 aliphatic carbocycles. The van der Waals surface area contributed by atoms with Crippen LogP contribution in [0.25, 0.3) is 0 Å². The predicted molar refractivity (Wildman–Crippen MR) is 107 cm³/mol. The summed E-state index contributed by atoms with van der Waals surface area (Å²) in [4.78, 5) is 15.1. The van der Waals surface area contributed by atoms with E-state index in [1.165, 1.54) is 24.1 Å². The van der Waals surface area contributed by atoms with Crippen LogP contribution < -0.4 is 10.1 Å². The molecule has 148 valence electrons. The van der Waals surface area contributed by atoms with Gasteiger partial charge in [-0.1, -0.05) is 30.7 Å². The molecule has 0 saturated carbocycles. The van der Waals surface area contributed by atoms with E-state index >= 15 is 0 Å². The molecule has 2 atom stereocenters. The Morgan fingerprint density at radius 3 is 2.61 bits per heavy atom. The zero-order chi connectivity index (χ0) is 19.5. The Balaban J connectivity index is 1.44. The number of hydrogen-bond acceptors (Lipinski definition) is 3. The number of carbonyl (C=O) groups is 1. The number of hydrogen-bond donors (Lipinski definition) is 1. The number of fused-ring (bicyclic) bond motifs is 2. The molecule has 1 N–H and O–H groups in total. The molecule has 2 bridgehead atoms. The summed E-state index contributed by atoms with van der Waals surface area (Å²) in [7, 11) is 1.72. The zero-order valence-corrected chi connectivity index (χ0v) is 16.2. The second-order valence-corrected chi connectivity index (χ2v) is 7.87. The van der Waals surface area contributed by atoms with Gasteiger partial charge in [0.15, 0.2) is 0 Å². The number of para-hydroxylation sites is 1. The van der Waals surface area contributed by atoms with Crippen molar-refractivity contribution in [2.45, 2.75) is 56.8 Å². The highest BCUT2D eigenvalue weighted by Crippen LogP contribution is 2.36. The summed E-state index contributed by atoms with van der Waals surface area (Å²) in [6.45, 7) is 0.879. The van der Waals surface area contributed by atoms with Gasteiger partial charge in [-0.2, -0.15) is 0 Å². The first-order valence-electron chi connectivity index (χ1n) is 10.1. The Hall–Kier alpha value is -2.40. The van der Waals surface area contributed by atoms with Gasteiger partial charge in [0.2, 0.25) is 0 Å². The van der Waals surface area contributed by atoms with Gasteiger partial charge in [0.1, 0.15) is 11.6 Å². The van der Waals surface area contributed by atoms with Crippen molar-refractivity contribution in [3.05, 3.63) is 65.5 Å². The fourth-order valence-electron chi connectivity index (χ4n) is 4.78. The van der Waals surface area contributed by atoms with Crippen LogP contribution in [-0.4, -0.2) is 36.0 Å². The van der Waals surface area contributed by atoms with E-state index in [2.05, 4.69) is 22.3 Å². The third-order valence-electron chi connectivity index (χ3n) is 6.09. The van der Waals surface area contributed by atoms with Gasteiger partial charge in [-0.3, -0.25) is 9.69 Å². The van der Waals surface area contributed by atoms with Gasteiger partial charge in [-0.25, -0.2) is 4.39 Å². The maximum atomic E-state index is 13.4. The van der Waals surface area contributed by atoms with E-state index in [0.717, 1.165) is 38.0 Å². The summed E-state index contributed by atoms with van der Waals surface area (Å²) in [5.41, 5.74) is 1.60. The van der Waals surface area contributed by atoms with Crippen molar-refractivity contribution in [1.29, 1.82) is 0 Å². The van der Waals surface area contributed by atoms with Crippen LogP contribution in [0.4, 0.5) is 4.39 Å². The normalized spacial score (nSPS) is 24.6. The van der Waals surface area contributed by atoms with Crippen molar-refractivity contribution in [3.63, 3.8) is 0 Å². The minimum absolute atomic E-state index is 0.139. The summed E-state index contributed by atoms with van der Waals surface area (Å²) < 4.78 is 18.9. The maximum Gasteiger partial charge on any atom is 0.251 e. The van der Waals surface area contributed by atoms with E-state index in [0.29, 0.717) is 17.6 Å². The quantitative estimate of drug-likeness (QED) is 0.845. The number of nitrogens with zero attached hydrogens (tertiary/aromatic N) is 1. The third-order valence-corrected chi connectivity index (χ3v) is 6.09. The first-order chi connectivity index (χ1) is 13.6. The van der Waals surface area contributed by atoms with Gasteiger partial charge in [0, 0.05) is 35.8 Å². The highest BCUT2D eigenvalue weighted by Gasteiger charge is 2.38. The van der Waals surface area contributed by atoms with Gasteiger partial charge >= 0.3 is 0 Å². The molecular formula is C23H27FN2O2. The molecule has 0 unspecified atom stereocenters. The molecule has 2 aliphatic heterocycles. The lowest BCUT2D eigenvalue weighted by atomic mass is 9.81. The third kappa shape index (κ3) is 4.04. The lowest BCUT2D eigenvalue weighted by Crippen LogP contribution is -2.56. The van der Waals surface area contributed by atoms with E-state index in [1.807, 2.05) is 12.1 Å². The topological polar surface area (TPSA) is 41.6 Å². The highest BCUT2D eigenvalue weighted by molar-refractivity contribution is 5.94. The van der Waals surface area contributed by atoms with E-state index in [9.17, 15) is 9.18 Å². The van der Waals surface area contributed by atoms with Crippen molar-refractivity contribution < 1.29 is 13.9 Å². The smallest absolute Gasteiger partial charge is 0.251 e. The Morgan fingerprint density at radius 1 is 1.14 bits per heavy atom. The molecule has 2 fully saturated rings. The molecule has 2 aromatic carbocycles. The Bertz CT molecular complexity index is 827. The SMILES string of the molecule is COc1ccccc1CN1[C@@H]2CCC[C@@H]1CC(NC(=O)c1cccc(F)c1)C2. The van der Waals surface area contributed by atoms with Crippen LogP contribution in [0.15, 0.2) is 48.5 Å². The number of methoxy groups -OCH3 is 1. The van der Waals surface area contributed by atoms with Gasteiger partial charge in [-0.15, -0.1) is 0 Å². The van der Waals surface area contributed by atoms with Crippen LogP contribution in [-0.2, 0) is 6.54 Å². The van der Waals surface area contributed by atoms with Gasteiger partial charge in [0.25, 0.3) is 5.91 Å². The minimum atomic E-state index is -0.379. The van der Waals surface area contributed by atoms with Gasteiger partial charge < -0.3 is 10.1 Å². The monoisotopic (exact) mass is 382 g/mol. The van der Waals surface area contributed by atoms with Crippen LogP contribution in [0, 0.1) is 5.82 Å². The number of ether oxygens (including phenoxy) is 1. The summed E-state index contributed by atoms with van der Waals surface area (Å²) in [5.74, 6) is 0.374. The van der Waals surface area contributed by atoms with Crippen LogP contribution >= 0.6 is 0 Å². The van der Waals surface area contributed by atoms with Crippen LogP contribution in [0.2, 0.25) is 0 Å². The lowest BCUT2D eigenvalue weighted by molar-refractivity contribution is 0.0172. The van der Waals surface area contributed by atoms with Gasteiger partial charge in [-0.05, 0) is 49.9 Å². The summed E-state index contributed by atoms with van der Waals surface area (Å²) >= 11 is 0. The first kappa shape index (κ1) is 18.9. The molecule has 2 saturated heterocycles. The van der Waals surface area contributed by atoms with Crippen molar-refractivity contribution >= 4 is 5.91 Å². The molecule has 0 radical (unpaired) electrons. The van der Waals surface area contributed by atoms with E-state index in [4.69, 9.17) is 4.74 Å². The fraction of sp³-hybridized carbons (Fsp3) is 0.435. The zero-order valence-electron chi connectivity index (χ0n) is 16.2. The molecule has 2 aliphatic rings. The number of benzene rings is 2. The lowest BCUT2D eigenvalue weighted by Gasteiger charge is -2.49.